The maximum Gasteiger partial charge on any atom is 0.122 e. The Kier molecular flexibility index (Phi) is 6.49. The molecule has 2 N–H and O–H groups in total. The van der Waals surface area contributed by atoms with E-state index in [9.17, 15) is 0 Å². The molecule has 1 fully saturated rings. The van der Waals surface area contributed by atoms with E-state index in [0.717, 1.165) is 25.3 Å². The summed E-state index contributed by atoms with van der Waals surface area (Å²) in [6.45, 7) is 9.51. The molecule has 1 aromatic carbocycles. The van der Waals surface area contributed by atoms with E-state index in [4.69, 9.17) is 10.5 Å². The number of piperazine rings is 1. The second-order valence-corrected chi connectivity index (χ2v) is 6.17. The van der Waals surface area contributed by atoms with Gasteiger partial charge in [-0.05, 0) is 31.6 Å². The molecule has 0 aliphatic carbocycles. The minimum absolute atomic E-state index is 0.541. The molecule has 0 saturated carbocycles. The third-order valence-electron chi connectivity index (χ3n) is 4.08. The number of hydrogen-bond donors (Lipinski definition) is 1. The summed E-state index contributed by atoms with van der Waals surface area (Å²) in [6.07, 6.45) is 0.878. The Morgan fingerprint density at radius 1 is 1.19 bits per heavy atom. The van der Waals surface area contributed by atoms with Crippen molar-refractivity contribution < 1.29 is 4.74 Å². The van der Waals surface area contributed by atoms with Crippen molar-refractivity contribution >= 4 is 0 Å². The fourth-order valence-corrected chi connectivity index (χ4v) is 2.76. The average Bonchev–Trinajstić information content (AvgIpc) is 2.49. The smallest absolute Gasteiger partial charge is 0.122 e. The lowest BCUT2D eigenvalue weighted by molar-refractivity contribution is 0.123. The summed E-state index contributed by atoms with van der Waals surface area (Å²) in [5, 5.41) is 0. The van der Waals surface area contributed by atoms with Gasteiger partial charge in [-0.2, -0.15) is 0 Å². The minimum atomic E-state index is 0.541. The van der Waals surface area contributed by atoms with Crippen molar-refractivity contribution in [2.45, 2.75) is 13.3 Å². The van der Waals surface area contributed by atoms with E-state index in [-0.39, 0.29) is 0 Å². The van der Waals surface area contributed by atoms with Gasteiger partial charge < -0.3 is 20.3 Å². The van der Waals surface area contributed by atoms with Crippen molar-refractivity contribution in [3.8, 4) is 5.75 Å². The van der Waals surface area contributed by atoms with Crippen LogP contribution in [0.3, 0.4) is 0 Å². The van der Waals surface area contributed by atoms with Crippen molar-refractivity contribution in [3.05, 3.63) is 29.8 Å². The number of nitrogens with zero attached hydrogens (tertiary/aromatic N) is 2. The predicted octanol–water partition coefficient (Wildman–Crippen LogP) is 1.45. The molecule has 1 heterocycles. The average molecular weight is 291 g/mol. The highest BCUT2D eigenvalue weighted by molar-refractivity contribution is 5.33. The first-order valence-electron chi connectivity index (χ1n) is 8.00. The minimum Gasteiger partial charge on any atom is -0.493 e. The Balaban J connectivity index is 1.77. The van der Waals surface area contributed by atoms with Gasteiger partial charge in [-0.3, -0.25) is 0 Å². The van der Waals surface area contributed by atoms with E-state index in [1.807, 2.05) is 18.2 Å². The first kappa shape index (κ1) is 16.3. The molecule has 0 bridgehead atoms. The number of hydrogen-bond acceptors (Lipinski definition) is 4. The van der Waals surface area contributed by atoms with Gasteiger partial charge in [0.15, 0.2) is 0 Å². The maximum atomic E-state index is 6.02. The van der Waals surface area contributed by atoms with Gasteiger partial charge in [-0.1, -0.05) is 25.1 Å². The van der Waals surface area contributed by atoms with Gasteiger partial charge in [0.05, 0.1) is 6.61 Å². The van der Waals surface area contributed by atoms with Gasteiger partial charge in [-0.25, -0.2) is 0 Å². The Bertz CT molecular complexity index is 416. The molecular weight excluding hydrogens is 262 g/mol. The van der Waals surface area contributed by atoms with Crippen LogP contribution in [0.5, 0.6) is 5.75 Å². The molecule has 0 spiro atoms. The van der Waals surface area contributed by atoms with Gasteiger partial charge in [0.25, 0.3) is 0 Å². The molecule has 1 saturated heterocycles. The van der Waals surface area contributed by atoms with Gasteiger partial charge >= 0.3 is 0 Å². The van der Waals surface area contributed by atoms with Crippen LogP contribution in [-0.4, -0.2) is 62.7 Å². The van der Waals surface area contributed by atoms with Crippen molar-refractivity contribution in [1.82, 2.24) is 9.80 Å². The summed E-state index contributed by atoms with van der Waals surface area (Å²) in [4.78, 5) is 4.93. The van der Waals surface area contributed by atoms with E-state index in [0.29, 0.717) is 12.5 Å². The fraction of sp³-hybridized carbons (Fsp3) is 0.647. The maximum absolute atomic E-state index is 6.02. The quantitative estimate of drug-likeness (QED) is 0.825. The molecule has 118 valence electrons. The monoisotopic (exact) mass is 291 g/mol. The molecule has 1 atom stereocenters. The van der Waals surface area contributed by atoms with Crippen LogP contribution >= 0.6 is 0 Å². The van der Waals surface area contributed by atoms with Crippen LogP contribution in [0, 0.1) is 5.92 Å². The number of nitrogens with two attached hydrogens (primary N) is 1. The molecule has 0 amide bonds. The highest BCUT2D eigenvalue weighted by Crippen LogP contribution is 2.19. The summed E-state index contributed by atoms with van der Waals surface area (Å²) in [6, 6.07) is 8.23. The Labute approximate surface area is 128 Å². The SMILES string of the molecule is CC(COc1ccccc1CCN)CN1CCN(C)CC1. The lowest BCUT2D eigenvalue weighted by Gasteiger charge is -2.33. The van der Waals surface area contributed by atoms with Crippen molar-refractivity contribution in [2.75, 3.05) is 52.9 Å². The van der Waals surface area contributed by atoms with Crippen LogP contribution in [-0.2, 0) is 6.42 Å². The zero-order valence-corrected chi connectivity index (χ0v) is 13.4. The normalized spacial score (nSPS) is 18.6. The summed E-state index contributed by atoms with van der Waals surface area (Å²) in [5.41, 5.74) is 6.87. The van der Waals surface area contributed by atoms with E-state index < -0.39 is 0 Å². The third-order valence-corrected chi connectivity index (χ3v) is 4.08. The van der Waals surface area contributed by atoms with E-state index in [2.05, 4.69) is 29.8 Å². The lowest BCUT2D eigenvalue weighted by atomic mass is 10.1. The highest BCUT2D eigenvalue weighted by Gasteiger charge is 2.16. The first-order valence-corrected chi connectivity index (χ1v) is 8.00. The number of benzene rings is 1. The molecular formula is C17H29N3O. The molecule has 4 heteroatoms. The zero-order valence-electron chi connectivity index (χ0n) is 13.4. The van der Waals surface area contributed by atoms with Crippen LogP contribution < -0.4 is 10.5 Å². The van der Waals surface area contributed by atoms with Gasteiger partial charge in [0.2, 0.25) is 0 Å². The van der Waals surface area contributed by atoms with Gasteiger partial charge in [0, 0.05) is 38.6 Å². The molecule has 0 radical (unpaired) electrons. The zero-order chi connectivity index (χ0) is 15.1. The van der Waals surface area contributed by atoms with Crippen LogP contribution in [0.15, 0.2) is 24.3 Å². The van der Waals surface area contributed by atoms with Crippen molar-refractivity contribution in [1.29, 1.82) is 0 Å². The molecule has 0 aromatic heterocycles. The van der Waals surface area contributed by atoms with Crippen LogP contribution in [0.4, 0.5) is 0 Å². The molecule has 4 nitrogen and oxygen atoms in total. The Hall–Kier alpha value is -1.10. The number of para-hydroxylation sites is 1. The summed E-state index contributed by atoms with van der Waals surface area (Å²) >= 11 is 0. The third kappa shape index (κ3) is 5.30. The molecule has 1 aliphatic heterocycles. The Morgan fingerprint density at radius 2 is 1.90 bits per heavy atom. The van der Waals surface area contributed by atoms with Crippen molar-refractivity contribution in [3.63, 3.8) is 0 Å². The van der Waals surface area contributed by atoms with Crippen LogP contribution in [0.1, 0.15) is 12.5 Å². The number of ether oxygens (including phenoxy) is 1. The largest absolute Gasteiger partial charge is 0.493 e. The first-order chi connectivity index (χ1) is 10.2. The summed E-state index contributed by atoms with van der Waals surface area (Å²) in [5.74, 6) is 1.53. The molecule has 1 unspecified atom stereocenters. The van der Waals surface area contributed by atoms with E-state index in [1.54, 1.807) is 0 Å². The number of rotatable bonds is 7. The second-order valence-electron chi connectivity index (χ2n) is 6.17. The van der Waals surface area contributed by atoms with Gasteiger partial charge in [0.1, 0.15) is 5.75 Å². The predicted molar refractivity (Wildman–Crippen MR) is 87.8 cm³/mol. The topological polar surface area (TPSA) is 41.7 Å². The highest BCUT2D eigenvalue weighted by atomic mass is 16.5. The molecule has 1 aromatic rings. The van der Waals surface area contributed by atoms with Gasteiger partial charge in [-0.15, -0.1) is 0 Å². The Morgan fingerprint density at radius 3 is 2.62 bits per heavy atom. The standard InChI is InChI=1S/C17H29N3O/c1-15(13-20-11-9-19(2)10-12-20)14-21-17-6-4-3-5-16(17)7-8-18/h3-6,15H,7-14,18H2,1-2H3. The van der Waals surface area contributed by atoms with E-state index in [1.165, 1.54) is 31.7 Å². The summed E-state index contributed by atoms with van der Waals surface area (Å²) < 4.78 is 6.02. The lowest BCUT2D eigenvalue weighted by Crippen LogP contribution is -2.46. The second kappa shape index (κ2) is 8.37. The molecule has 1 aliphatic rings. The van der Waals surface area contributed by atoms with Crippen LogP contribution in [0.2, 0.25) is 0 Å². The van der Waals surface area contributed by atoms with Crippen molar-refractivity contribution in [2.24, 2.45) is 11.7 Å². The fourth-order valence-electron chi connectivity index (χ4n) is 2.76. The molecule has 21 heavy (non-hydrogen) atoms. The molecule has 2 rings (SSSR count). The number of likely N-dealkylation sites (N-methyl/N-ethyl adjacent to an activating group) is 1. The van der Waals surface area contributed by atoms with E-state index >= 15 is 0 Å². The summed E-state index contributed by atoms with van der Waals surface area (Å²) in [7, 11) is 2.19. The van der Waals surface area contributed by atoms with Crippen LogP contribution in [0.25, 0.3) is 0 Å².